The number of hydrogen-bond acceptors (Lipinski definition) is 1. The molecule has 0 radical (unpaired) electrons. The van der Waals surface area contributed by atoms with Crippen LogP contribution in [0.5, 0.6) is 0 Å². The number of hydrogen-bond donors (Lipinski definition) is 0. The average molecular weight is 187 g/mol. The molecule has 74 valence electrons. The van der Waals surface area contributed by atoms with Gasteiger partial charge in [-0.15, -0.1) is 0 Å². The van der Waals surface area contributed by atoms with Gasteiger partial charge in [0.15, 0.2) is 0 Å². The normalized spacial score (nSPS) is 12.1. The lowest BCUT2D eigenvalue weighted by Gasteiger charge is -2.08. The van der Waals surface area contributed by atoms with Gasteiger partial charge in [-0.25, -0.2) is 0 Å². The number of aryl methyl sites for hydroxylation is 1. The standard InChI is InChI=1S/C13H17N/c1-3-5-13(10-14)12-8-6-11(4-2)7-9-12/h6-9,13H,3-5H2,1-2H3. The van der Waals surface area contributed by atoms with Crippen molar-refractivity contribution in [3.63, 3.8) is 0 Å². The molecule has 0 bridgehead atoms. The molecule has 1 aromatic carbocycles. The van der Waals surface area contributed by atoms with Gasteiger partial charge in [-0.1, -0.05) is 44.5 Å². The summed E-state index contributed by atoms with van der Waals surface area (Å²) >= 11 is 0. The Labute approximate surface area is 86.4 Å². The summed E-state index contributed by atoms with van der Waals surface area (Å²) in [6.45, 7) is 4.26. The Balaban J connectivity index is 2.79. The van der Waals surface area contributed by atoms with E-state index >= 15 is 0 Å². The first-order valence-corrected chi connectivity index (χ1v) is 5.30. The highest BCUT2D eigenvalue weighted by Crippen LogP contribution is 2.20. The van der Waals surface area contributed by atoms with E-state index in [0.29, 0.717) is 0 Å². The fourth-order valence-corrected chi connectivity index (χ4v) is 1.58. The van der Waals surface area contributed by atoms with E-state index in [9.17, 15) is 0 Å². The first-order valence-electron chi connectivity index (χ1n) is 5.30. The number of benzene rings is 1. The fraction of sp³-hybridized carbons (Fsp3) is 0.462. The number of rotatable bonds is 4. The van der Waals surface area contributed by atoms with E-state index in [4.69, 9.17) is 5.26 Å². The van der Waals surface area contributed by atoms with Gasteiger partial charge < -0.3 is 0 Å². The first kappa shape index (κ1) is 10.8. The van der Waals surface area contributed by atoms with Crippen molar-refractivity contribution in [3.8, 4) is 6.07 Å². The second-order valence-electron chi connectivity index (χ2n) is 3.57. The average Bonchev–Trinajstić information content (AvgIpc) is 2.26. The van der Waals surface area contributed by atoms with Gasteiger partial charge in [0.2, 0.25) is 0 Å². The highest BCUT2D eigenvalue weighted by Gasteiger charge is 2.08. The van der Waals surface area contributed by atoms with Crippen molar-refractivity contribution in [2.75, 3.05) is 0 Å². The summed E-state index contributed by atoms with van der Waals surface area (Å²) in [5.41, 5.74) is 2.49. The molecule has 1 unspecified atom stereocenters. The molecule has 0 fully saturated rings. The molecule has 0 N–H and O–H groups in total. The summed E-state index contributed by atoms with van der Waals surface area (Å²) in [6.07, 6.45) is 3.08. The minimum atomic E-state index is 0.0749. The summed E-state index contributed by atoms with van der Waals surface area (Å²) in [4.78, 5) is 0. The fourth-order valence-electron chi connectivity index (χ4n) is 1.58. The summed E-state index contributed by atoms with van der Waals surface area (Å²) < 4.78 is 0. The molecular weight excluding hydrogens is 170 g/mol. The van der Waals surface area contributed by atoms with Crippen LogP contribution in [0.25, 0.3) is 0 Å². The van der Waals surface area contributed by atoms with Gasteiger partial charge in [0.25, 0.3) is 0 Å². The van der Waals surface area contributed by atoms with Crippen molar-refractivity contribution in [3.05, 3.63) is 35.4 Å². The Bertz CT molecular complexity index is 305. The topological polar surface area (TPSA) is 23.8 Å². The quantitative estimate of drug-likeness (QED) is 0.705. The van der Waals surface area contributed by atoms with E-state index in [1.807, 2.05) is 0 Å². The Kier molecular flexibility index (Phi) is 4.19. The lowest BCUT2D eigenvalue weighted by Crippen LogP contribution is -1.95. The molecule has 1 aromatic rings. The first-order chi connectivity index (χ1) is 6.81. The van der Waals surface area contributed by atoms with E-state index < -0.39 is 0 Å². The molecule has 0 amide bonds. The third-order valence-electron chi connectivity index (χ3n) is 2.52. The van der Waals surface area contributed by atoms with Crippen LogP contribution in [0.1, 0.15) is 43.7 Å². The van der Waals surface area contributed by atoms with Crippen LogP contribution >= 0.6 is 0 Å². The van der Waals surface area contributed by atoms with Crippen LogP contribution in [0.3, 0.4) is 0 Å². The van der Waals surface area contributed by atoms with Crippen molar-refractivity contribution in [1.29, 1.82) is 5.26 Å². The molecule has 0 aliphatic rings. The van der Waals surface area contributed by atoms with Crippen LogP contribution in [0.15, 0.2) is 24.3 Å². The van der Waals surface area contributed by atoms with Crippen molar-refractivity contribution >= 4 is 0 Å². The van der Waals surface area contributed by atoms with Gasteiger partial charge in [0.05, 0.1) is 12.0 Å². The summed E-state index contributed by atoms with van der Waals surface area (Å²) in [7, 11) is 0. The lowest BCUT2D eigenvalue weighted by molar-refractivity contribution is 0.727. The zero-order valence-electron chi connectivity index (χ0n) is 8.96. The monoisotopic (exact) mass is 187 g/mol. The highest BCUT2D eigenvalue weighted by atomic mass is 14.3. The third-order valence-corrected chi connectivity index (χ3v) is 2.52. The summed E-state index contributed by atoms with van der Waals surface area (Å²) in [5, 5.41) is 8.99. The minimum Gasteiger partial charge on any atom is -0.198 e. The van der Waals surface area contributed by atoms with Crippen LogP contribution in [0.4, 0.5) is 0 Å². The predicted octanol–water partition coefficient (Wildman–Crippen LogP) is 3.66. The Hall–Kier alpha value is -1.29. The van der Waals surface area contributed by atoms with Crippen LogP contribution in [-0.4, -0.2) is 0 Å². The van der Waals surface area contributed by atoms with Crippen molar-refractivity contribution in [2.45, 2.75) is 39.0 Å². The van der Waals surface area contributed by atoms with Crippen molar-refractivity contribution in [1.82, 2.24) is 0 Å². The zero-order chi connectivity index (χ0) is 10.4. The largest absolute Gasteiger partial charge is 0.198 e. The molecule has 0 heterocycles. The second-order valence-corrected chi connectivity index (χ2v) is 3.57. The second kappa shape index (κ2) is 5.44. The van der Waals surface area contributed by atoms with E-state index in [-0.39, 0.29) is 5.92 Å². The van der Waals surface area contributed by atoms with Crippen LogP contribution in [0, 0.1) is 11.3 Å². The van der Waals surface area contributed by atoms with Crippen molar-refractivity contribution in [2.24, 2.45) is 0 Å². The molecule has 14 heavy (non-hydrogen) atoms. The molecule has 0 aromatic heterocycles. The van der Waals surface area contributed by atoms with E-state index in [1.54, 1.807) is 0 Å². The molecule has 0 saturated carbocycles. The van der Waals surface area contributed by atoms with E-state index in [1.165, 1.54) is 5.56 Å². The van der Waals surface area contributed by atoms with Gasteiger partial charge in [0.1, 0.15) is 0 Å². The zero-order valence-corrected chi connectivity index (χ0v) is 8.96. The minimum absolute atomic E-state index is 0.0749. The van der Waals surface area contributed by atoms with E-state index in [0.717, 1.165) is 24.8 Å². The Morgan fingerprint density at radius 2 is 1.86 bits per heavy atom. The SMILES string of the molecule is CCCC(C#N)c1ccc(CC)cc1. The lowest BCUT2D eigenvalue weighted by atomic mass is 9.95. The van der Waals surface area contributed by atoms with Crippen LogP contribution < -0.4 is 0 Å². The maximum absolute atomic E-state index is 8.99. The molecule has 1 rings (SSSR count). The van der Waals surface area contributed by atoms with Gasteiger partial charge in [-0.3, -0.25) is 0 Å². The summed E-state index contributed by atoms with van der Waals surface area (Å²) in [6, 6.07) is 10.8. The molecule has 1 heteroatoms. The molecule has 0 aliphatic carbocycles. The maximum atomic E-state index is 8.99. The van der Waals surface area contributed by atoms with Crippen molar-refractivity contribution < 1.29 is 0 Å². The summed E-state index contributed by atoms with van der Waals surface area (Å²) in [5.74, 6) is 0.0749. The van der Waals surface area contributed by atoms with Crippen LogP contribution in [0.2, 0.25) is 0 Å². The third kappa shape index (κ3) is 2.60. The maximum Gasteiger partial charge on any atom is 0.0712 e. The van der Waals surface area contributed by atoms with Gasteiger partial charge in [0, 0.05) is 0 Å². The van der Waals surface area contributed by atoms with Gasteiger partial charge in [-0.05, 0) is 24.0 Å². The van der Waals surface area contributed by atoms with E-state index in [2.05, 4.69) is 44.2 Å². The smallest absolute Gasteiger partial charge is 0.0712 e. The molecule has 0 saturated heterocycles. The molecule has 0 aliphatic heterocycles. The van der Waals surface area contributed by atoms with Crippen LogP contribution in [-0.2, 0) is 6.42 Å². The van der Waals surface area contributed by atoms with Gasteiger partial charge in [-0.2, -0.15) is 5.26 Å². The number of nitriles is 1. The van der Waals surface area contributed by atoms with Gasteiger partial charge >= 0.3 is 0 Å². The molecule has 1 atom stereocenters. The number of nitrogens with zero attached hydrogens (tertiary/aromatic N) is 1. The molecular formula is C13H17N. The Morgan fingerprint density at radius 1 is 1.21 bits per heavy atom. The highest BCUT2D eigenvalue weighted by molar-refractivity contribution is 5.28. The molecule has 0 spiro atoms. The Morgan fingerprint density at radius 3 is 2.29 bits per heavy atom. The molecule has 1 nitrogen and oxygen atoms in total. The predicted molar refractivity (Wildman–Crippen MR) is 59.1 cm³/mol.